The number of rotatable bonds is 4. The molecule has 0 saturated carbocycles. The molecule has 1 N–H and O–H groups in total. The number of nitrogens with zero attached hydrogens (tertiary/aromatic N) is 2. The van der Waals surface area contributed by atoms with Gasteiger partial charge >= 0.3 is 0 Å². The summed E-state index contributed by atoms with van der Waals surface area (Å²) < 4.78 is 5.53. The summed E-state index contributed by atoms with van der Waals surface area (Å²) in [5.41, 5.74) is 4.54. The van der Waals surface area contributed by atoms with Gasteiger partial charge in [0.15, 0.2) is 0 Å². The Hall–Kier alpha value is -2.07. The first-order valence-electron chi connectivity index (χ1n) is 7.73. The monoisotopic (exact) mass is 329 g/mol. The predicted octanol–water partition coefficient (Wildman–Crippen LogP) is 3.61. The first kappa shape index (κ1) is 15.8. The highest BCUT2D eigenvalue weighted by molar-refractivity contribution is 6.31. The maximum absolute atomic E-state index is 6.30. The molecule has 1 aromatic heterocycles. The zero-order valence-corrected chi connectivity index (χ0v) is 14.1. The molecule has 1 aliphatic heterocycles. The number of hydrogen-bond acceptors (Lipinski definition) is 4. The maximum atomic E-state index is 6.30. The van der Waals surface area contributed by atoms with Gasteiger partial charge in [0.1, 0.15) is 6.61 Å². The summed E-state index contributed by atoms with van der Waals surface area (Å²) in [6.07, 6.45) is 4.55. The Labute approximate surface area is 141 Å². The Balaban J connectivity index is 1.91. The minimum atomic E-state index is 0.0362. The predicted molar refractivity (Wildman–Crippen MR) is 93.0 cm³/mol. The van der Waals surface area contributed by atoms with Crippen LogP contribution in [0.5, 0.6) is 0 Å². The van der Waals surface area contributed by atoms with E-state index in [-0.39, 0.29) is 6.04 Å². The quantitative estimate of drug-likeness (QED) is 0.932. The Morgan fingerprint density at radius 3 is 2.91 bits per heavy atom. The van der Waals surface area contributed by atoms with Crippen molar-refractivity contribution < 1.29 is 4.74 Å². The molecule has 1 aromatic carbocycles. The fraction of sp³-hybridized carbons (Fsp3) is 0.333. The van der Waals surface area contributed by atoms with Crippen LogP contribution >= 0.6 is 11.6 Å². The average Bonchev–Trinajstić information content (AvgIpc) is 3.02. The summed E-state index contributed by atoms with van der Waals surface area (Å²) in [4.78, 5) is 8.63. The van der Waals surface area contributed by atoms with Gasteiger partial charge in [-0.15, -0.1) is 0 Å². The number of nitrogens with one attached hydrogen (secondary N) is 1. The number of aryl methyl sites for hydroxylation is 1. The number of halogens is 1. The summed E-state index contributed by atoms with van der Waals surface area (Å²) in [5, 5.41) is 4.18. The largest absolute Gasteiger partial charge is 0.463 e. The molecule has 23 heavy (non-hydrogen) atoms. The second-order valence-corrected chi connectivity index (χ2v) is 6.17. The second kappa shape index (κ2) is 7.01. The molecule has 1 atom stereocenters. The molecule has 2 heterocycles. The van der Waals surface area contributed by atoms with E-state index in [1.807, 2.05) is 38.4 Å². The Kier molecular flexibility index (Phi) is 4.82. The van der Waals surface area contributed by atoms with E-state index in [0.29, 0.717) is 19.2 Å². The van der Waals surface area contributed by atoms with Crippen molar-refractivity contribution >= 4 is 17.6 Å². The Bertz CT molecular complexity index is 730. The normalized spacial score (nSPS) is 15.0. The first-order valence-corrected chi connectivity index (χ1v) is 8.10. The van der Waals surface area contributed by atoms with Crippen LogP contribution in [0, 0.1) is 13.8 Å². The summed E-state index contributed by atoms with van der Waals surface area (Å²) in [6, 6.07) is 8.78. The highest BCUT2D eigenvalue weighted by atomic mass is 35.5. The standard InChI is InChI=1S/C18H20ClN3O/c1-12-8-14(11-20-10-12)9-17(22-18-21-6-7-23-18)15-4-3-5-16(19)13(15)2/h3-5,8,10-11,17H,6-7,9H2,1-2H3,(H,21,22). The van der Waals surface area contributed by atoms with E-state index >= 15 is 0 Å². The van der Waals surface area contributed by atoms with Crippen LogP contribution in [-0.4, -0.2) is 24.2 Å². The van der Waals surface area contributed by atoms with Crippen LogP contribution in [0.4, 0.5) is 0 Å². The van der Waals surface area contributed by atoms with Crippen LogP contribution in [0.25, 0.3) is 0 Å². The molecule has 1 unspecified atom stereocenters. The van der Waals surface area contributed by atoms with E-state index in [1.54, 1.807) is 0 Å². The Morgan fingerprint density at radius 2 is 2.17 bits per heavy atom. The van der Waals surface area contributed by atoms with Gasteiger partial charge in [0, 0.05) is 17.4 Å². The molecule has 0 aliphatic carbocycles. The SMILES string of the molecule is Cc1cncc(CC(NC2=NCCO2)c2cccc(Cl)c2C)c1. The summed E-state index contributed by atoms with van der Waals surface area (Å²) in [6.45, 7) is 5.43. The van der Waals surface area contributed by atoms with Gasteiger partial charge in [0.2, 0.25) is 0 Å². The molecule has 0 saturated heterocycles. The van der Waals surface area contributed by atoms with Gasteiger partial charge in [-0.25, -0.2) is 4.99 Å². The zero-order chi connectivity index (χ0) is 16.2. The molecule has 0 fully saturated rings. The number of hydrogen-bond donors (Lipinski definition) is 1. The fourth-order valence-corrected chi connectivity index (χ4v) is 2.96. The number of benzene rings is 1. The van der Waals surface area contributed by atoms with Crippen LogP contribution in [0.1, 0.15) is 28.3 Å². The van der Waals surface area contributed by atoms with E-state index in [2.05, 4.69) is 27.4 Å². The van der Waals surface area contributed by atoms with Crippen molar-refractivity contribution in [2.75, 3.05) is 13.2 Å². The molecule has 4 nitrogen and oxygen atoms in total. The topological polar surface area (TPSA) is 46.5 Å². The van der Waals surface area contributed by atoms with Crippen LogP contribution in [0.3, 0.4) is 0 Å². The lowest BCUT2D eigenvalue weighted by Crippen LogP contribution is -2.30. The van der Waals surface area contributed by atoms with Gasteiger partial charge in [-0.3, -0.25) is 4.98 Å². The van der Waals surface area contributed by atoms with Crippen molar-refractivity contribution in [2.24, 2.45) is 4.99 Å². The minimum Gasteiger partial charge on any atom is -0.463 e. The molecule has 120 valence electrons. The number of aliphatic imine (C=N–C) groups is 1. The van der Waals surface area contributed by atoms with Gasteiger partial charge in [0.05, 0.1) is 12.6 Å². The second-order valence-electron chi connectivity index (χ2n) is 5.76. The van der Waals surface area contributed by atoms with Gasteiger partial charge in [-0.05, 0) is 48.6 Å². The lowest BCUT2D eigenvalue weighted by atomic mass is 9.95. The minimum absolute atomic E-state index is 0.0362. The van der Waals surface area contributed by atoms with Crippen LogP contribution in [-0.2, 0) is 11.2 Å². The van der Waals surface area contributed by atoms with E-state index in [4.69, 9.17) is 16.3 Å². The van der Waals surface area contributed by atoms with Crippen LogP contribution in [0.2, 0.25) is 5.02 Å². The number of aromatic nitrogens is 1. The highest BCUT2D eigenvalue weighted by Crippen LogP contribution is 2.27. The van der Waals surface area contributed by atoms with Crippen LogP contribution < -0.4 is 5.32 Å². The molecule has 3 rings (SSSR count). The smallest absolute Gasteiger partial charge is 0.285 e. The molecular weight excluding hydrogens is 310 g/mol. The molecule has 5 heteroatoms. The fourth-order valence-electron chi connectivity index (χ4n) is 2.78. The van der Waals surface area contributed by atoms with E-state index in [9.17, 15) is 0 Å². The third-order valence-electron chi connectivity index (χ3n) is 3.94. The molecule has 0 radical (unpaired) electrons. The highest BCUT2D eigenvalue weighted by Gasteiger charge is 2.20. The summed E-state index contributed by atoms with van der Waals surface area (Å²) >= 11 is 6.30. The molecule has 0 amide bonds. The first-order chi connectivity index (χ1) is 11.1. The maximum Gasteiger partial charge on any atom is 0.285 e. The van der Waals surface area contributed by atoms with Crippen molar-refractivity contribution in [3.8, 4) is 0 Å². The van der Waals surface area contributed by atoms with Gasteiger partial charge in [-0.2, -0.15) is 0 Å². The molecule has 2 aromatic rings. The summed E-state index contributed by atoms with van der Waals surface area (Å²) in [5.74, 6) is 0. The zero-order valence-electron chi connectivity index (χ0n) is 13.3. The number of pyridine rings is 1. The third kappa shape index (κ3) is 3.82. The van der Waals surface area contributed by atoms with Gasteiger partial charge in [0.25, 0.3) is 6.02 Å². The van der Waals surface area contributed by atoms with E-state index in [1.165, 1.54) is 5.56 Å². The third-order valence-corrected chi connectivity index (χ3v) is 4.35. The lowest BCUT2D eigenvalue weighted by molar-refractivity contribution is 0.325. The van der Waals surface area contributed by atoms with Crippen molar-refractivity contribution in [3.63, 3.8) is 0 Å². The molecule has 1 aliphatic rings. The van der Waals surface area contributed by atoms with Crippen molar-refractivity contribution in [3.05, 3.63) is 63.9 Å². The number of ether oxygens (including phenoxy) is 1. The molecule has 0 bridgehead atoms. The van der Waals surface area contributed by atoms with E-state index in [0.717, 1.165) is 28.1 Å². The van der Waals surface area contributed by atoms with Crippen molar-refractivity contribution in [1.29, 1.82) is 0 Å². The average molecular weight is 330 g/mol. The van der Waals surface area contributed by atoms with Crippen LogP contribution in [0.15, 0.2) is 41.7 Å². The van der Waals surface area contributed by atoms with Crippen molar-refractivity contribution in [2.45, 2.75) is 26.3 Å². The number of amidine groups is 1. The molecular formula is C18H20ClN3O. The van der Waals surface area contributed by atoms with E-state index < -0.39 is 0 Å². The lowest BCUT2D eigenvalue weighted by Gasteiger charge is -2.22. The van der Waals surface area contributed by atoms with Gasteiger partial charge in [-0.1, -0.05) is 29.8 Å². The summed E-state index contributed by atoms with van der Waals surface area (Å²) in [7, 11) is 0. The Morgan fingerprint density at radius 1 is 1.30 bits per heavy atom. The van der Waals surface area contributed by atoms with Crippen molar-refractivity contribution in [1.82, 2.24) is 10.3 Å². The molecule has 0 spiro atoms. The van der Waals surface area contributed by atoms with Gasteiger partial charge < -0.3 is 10.1 Å².